The van der Waals surface area contributed by atoms with Crippen molar-refractivity contribution in [3.05, 3.63) is 119 Å². The van der Waals surface area contributed by atoms with Crippen LogP contribution in [0.1, 0.15) is 22.3 Å². The van der Waals surface area contributed by atoms with Crippen LogP contribution < -0.4 is 22.9 Å². The molecular weight excluding hydrogens is 368 g/mol. The van der Waals surface area contributed by atoms with Crippen LogP contribution in [0.2, 0.25) is 0 Å². The van der Waals surface area contributed by atoms with E-state index in [1.807, 2.05) is 60.7 Å². The summed E-state index contributed by atoms with van der Waals surface area (Å²) in [6, 6.07) is 32.4. The molecule has 0 saturated heterocycles. The molecule has 4 heteroatoms. The van der Waals surface area contributed by atoms with Crippen LogP contribution in [-0.2, 0) is 0 Å². The molecule has 0 fully saturated rings. The van der Waals surface area contributed by atoms with Crippen molar-refractivity contribution in [1.29, 1.82) is 0 Å². The first-order valence-corrected chi connectivity index (χ1v) is 9.71. The Morgan fingerprint density at radius 2 is 0.833 bits per heavy atom. The lowest BCUT2D eigenvalue weighted by Crippen LogP contribution is -2.08. The van der Waals surface area contributed by atoms with Crippen molar-refractivity contribution in [2.75, 3.05) is 22.9 Å². The predicted octanol–water partition coefficient (Wildman–Crippen LogP) is 5.02. The summed E-state index contributed by atoms with van der Waals surface area (Å²) in [5.74, 6) is 0. The largest absolute Gasteiger partial charge is 0.397 e. The Morgan fingerprint density at radius 3 is 1.27 bits per heavy atom. The van der Waals surface area contributed by atoms with Gasteiger partial charge in [0, 0.05) is 5.56 Å². The van der Waals surface area contributed by atoms with E-state index in [1.54, 1.807) is 0 Å². The normalized spacial score (nSPS) is 10.5. The first kappa shape index (κ1) is 19.2. The molecular formula is C26H24N4. The van der Waals surface area contributed by atoms with Crippen LogP contribution in [-0.4, -0.2) is 0 Å². The molecule has 0 saturated carbocycles. The molecule has 4 nitrogen and oxygen atoms in total. The van der Waals surface area contributed by atoms with Gasteiger partial charge in [-0.1, -0.05) is 91.0 Å². The first-order valence-electron chi connectivity index (χ1n) is 9.71. The minimum atomic E-state index is 0.305. The standard InChI is InChI=1S/C26H24N4/c27-21-16-20(24(28)26(30)25(21)29)23(19-14-8-3-9-15-19)22(17-10-4-1-5-11-17)18-12-6-2-7-13-18/h1-16H,27-30H2. The van der Waals surface area contributed by atoms with Crippen molar-refractivity contribution in [2.45, 2.75) is 0 Å². The zero-order valence-electron chi connectivity index (χ0n) is 16.5. The molecule has 0 radical (unpaired) electrons. The fraction of sp³-hybridized carbons (Fsp3) is 0. The van der Waals surface area contributed by atoms with Crippen molar-refractivity contribution in [3.63, 3.8) is 0 Å². The third kappa shape index (κ3) is 3.47. The third-order valence-corrected chi connectivity index (χ3v) is 5.19. The number of nitrogen functional groups attached to an aromatic ring is 4. The van der Waals surface area contributed by atoms with Gasteiger partial charge < -0.3 is 22.9 Å². The molecule has 4 aromatic rings. The zero-order chi connectivity index (χ0) is 21.1. The van der Waals surface area contributed by atoms with Crippen LogP contribution in [0, 0.1) is 0 Å². The molecule has 0 heterocycles. The van der Waals surface area contributed by atoms with Gasteiger partial charge in [-0.25, -0.2) is 0 Å². The molecule has 4 rings (SSSR count). The van der Waals surface area contributed by atoms with Gasteiger partial charge in [0.15, 0.2) is 0 Å². The molecule has 4 aromatic carbocycles. The van der Waals surface area contributed by atoms with E-state index >= 15 is 0 Å². The Hall–Kier alpha value is -4.18. The maximum absolute atomic E-state index is 6.49. The van der Waals surface area contributed by atoms with E-state index in [1.165, 1.54) is 0 Å². The highest BCUT2D eigenvalue weighted by atomic mass is 14.8. The maximum Gasteiger partial charge on any atom is 0.0809 e. The number of nitrogens with two attached hydrogens (primary N) is 4. The summed E-state index contributed by atoms with van der Waals surface area (Å²) in [6.45, 7) is 0. The van der Waals surface area contributed by atoms with Crippen LogP contribution >= 0.6 is 0 Å². The molecule has 0 spiro atoms. The molecule has 0 amide bonds. The van der Waals surface area contributed by atoms with Crippen molar-refractivity contribution in [3.8, 4) is 0 Å². The van der Waals surface area contributed by atoms with Crippen LogP contribution in [0.4, 0.5) is 22.7 Å². The van der Waals surface area contributed by atoms with Gasteiger partial charge in [0.1, 0.15) is 0 Å². The lowest BCUT2D eigenvalue weighted by atomic mass is 9.84. The van der Waals surface area contributed by atoms with E-state index in [4.69, 9.17) is 22.9 Å². The molecule has 0 bridgehead atoms. The smallest absolute Gasteiger partial charge is 0.0809 e. The molecule has 30 heavy (non-hydrogen) atoms. The average molecular weight is 393 g/mol. The predicted molar refractivity (Wildman–Crippen MR) is 128 cm³/mol. The summed E-state index contributed by atoms with van der Waals surface area (Å²) in [4.78, 5) is 0. The van der Waals surface area contributed by atoms with E-state index in [0.29, 0.717) is 22.7 Å². The quantitative estimate of drug-likeness (QED) is 0.289. The van der Waals surface area contributed by atoms with E-state index in [0.717, 1.165) is 33.4 Å². The van der Waals surface area contributed by atoms with Crippen LogP contribution in [0.25, 0.3) is 11.1 Å². The topological polar surface area (TPSA) is 104 Å². The molecule has 0 aliphatic carbocycles. The van der Waals surface area contributed by atoms with Crippen LogP contribution in [0.5, 0.6) is 0 Å². The lowest BCUT2D eigenvalue weighted by Gasteiger charge is -2.21. The van der Waals surface area contributed by atoms with E-state index in [-0.39, 0.29) is 0 Å². The van der Waals surface area contributed by atoms with Crippen molar-refractivity contribution in [2.24, 2.45) is 0 Å². The van der Waals surface area contributed by atoms with E-state index in [2.05, 4.69) is 36.4 Å². The highest BCUT2D eigenvalue weighted by Gasteiger charge is 2.20. The summed E-state index contributed by atoms with van der Waals surface area (Å²) in [5, 5.41) is 0. The van der Waals surface area contributed by atoms with Gasteiger partial charge in [0.05, 0.1) is 22.7 Å². The van der Waals surface area contributed by atoms with Crippen molar-refractivity contribution < 1.29 is 0 Å². The monoisotopic (exact) mass is 392 g/mol. The number of rotatable bonds is 4. The highest BCUT2D eigenvalue weighted by molar-refractivity contribution is 6.09. The summed E-state index contributed by atoms with van der Waals surface area (Å²) < 4.78 is 0. The molecule has 0 aromatic heterocycles. The molecule has 0 aliphatic rings. The fourth-order valence-electron chi connectivity index (χ4n) is 3.67. The van der Waals surface area contributed by atoms with Crippen molar-refractivity contribution >= 4 is 33.9 Å². The van der Waals surface area contributed by atoms with Gasteiger partial charge >= 0.3 is 0 Å². The van der Waals surface area contributed by atoms with E-state index in [9.17, 15) is 0 Å². The molecule has 8 N–H and O–H groups in total. The first-order chi connectivity index (χ1) is 14.6. The summed E-state index contributed by atoms with van der Waals surface area (Å²) in [6.07, 6.45) is 0. The number of benzene rings is 4. The highest BCUT2D eigenvalue weighted by Crippen LogP contribution is 2.43. The van der Waals surface area contributed by atoms with Crippen molar-refractivity contribution in [1.82, 2.24) is 0 Å². The summed E-state index contributed by atoms with van der Waals surface area (Å²) >= 11 is 0. The van der Waals surface area contributed by atoms with Gasteiger partial charge in [-0.15, -0.1) is 0 Å². The average Bonchev–Trinajstić information content (AvgIpc) is 2.80. The second kappa shape index (κ2) is 8.05. The lowest BCUT2D eigenvalue weighted by molar-refractivity contribution is 1.50. The SMILES string of the molecule is Nc1cc(C(=C(c2ccccc2)c2ccccc2)c2ccccc2)c(N)c(N)c1N. The Labute approximate surface area is 176 Å². The summed E-state index contributed by atoms with van der Waals surface area (Å²) in [7, 11) is 0. The second-order valence-corrected chi connectivity index (χ2v) is 7.10. The fourth-order valence-corrected chi connectivity index (χ4v) is 3.67. The number of anilines is 4. The van der Waals surface area contributed by atoms with Crippen LogP contribution in [0.15, 0.2) is 97.1 Å². The number of hydrogen-bond acceptors (Lipinski definition) is 4. The maximum atomic E-state index is 6.49. The molecule has 0 aliphatic heterocycles. The Kier molecular flexibility index (Phi) is 5.14. The van der Waals surface area contributed by atoms with Crippen LogP contribution in [0.3, 0.4) is 0 Å². The van der Waals surface area contributed by atoms with Gasteiger partial charge in [0.2, 0.25) is 0 Å². The van der Waals surface area contributed by atoms with Gasteiger partial charge in [-0.3, -0.25) is 0 Å². The van der Waals surface area contributed by atoms with E-state index < -0.39 is 0 Å². The zero-order valence-corrected chi connectivity index (χ0v) is 16.5. The minimum Gasteiger partial charge on any atom is -0.397 e. The Balaban J connectivity index is 2.17. The molecule has 0 atom stereocenters. The third-order valence-electron chi connectivity index (χ3n) is 5.19. The summed E-state index contributed by atoms with van der Waals surface area (Å²) in [5.41, 5.74) is 32.3. The molecule has 148 valence electrons. The van der Waals surface area contributed by atoms with Gasteiger partial charge in [-0.05, 0) is 33.9 Å². The second-order valence-electron chi connectivity index (χ2n) is 7.10. The number of hydrogen-bond donors (Lipinski definition) is 4. The Morgan fingerprint density at radius 1 is 0.433 bits per heavy atom. The van der Waals surface area contributed by atoms with Gasteiger partial charge in [-0.2, -0.15) is 0 Å². The Bertz CT molecular complexity index is 1160. The minimum absolute atomic E-state index is 0.305. The molecule has 0 unspecified atom stereocenters. The van der Waals surface area contributed by atoms with Gasteiger partial charge in [0.25, 0.3) is 0 Å².